The molecule has 1 aliphatic heterocycles. The third-order valence-corrected chi connectivity index (χ3v) is 7.16. The zero-order valence-corrected chi connectivity index (χ0v) is 18.4. The summed E-state index contributed by atoms with van der Waals surface area (Å²) in [5.41, 5.74) is 0.702. The quantitative estimate of drug-likeness (QED) is 0.594. The van der Waals surface area contributed by atoms with Crippen LogP contribution in [0.15, 0.2) is 53.4 Å². The van der Waals surface area contributed by atoms with E-state index in [1.54, 1.807) is 16.4 Å². The number of amides is 1. The molecule has 0 spiro atoms. The van der Waals surface area contributed by atoms with Crippen LogP contribution in [0.1, 0.15) is 25.7 Å². The maximum Gasteiger partial charge on any atom is 0.262 e. The average molecular weight is 514 g/mol. The second-order valence-corrected chi connectivity index (χ2v) is 9.82. The van der Waals surface area contributed by atoms with Gasteiger partial charge >= 0.3 is 0 Å². The van der Waals surface area contributed by atoms with Gasteiger partial charge in [0, 0.05) is 22.3 Å². The second kappa shape index (κ2) is 9.71. The van der Waals surface area contributed by atoms with Gasteiger partial charge in [-0.3, -0.25) is 4.79 Å². The Kier molecular flexibility index (Phi) is 7.30. The Labute approximate surface area is 179 Å². The zero-order valence-electron chi connectivity index (χ0n) is 15.4. The monoisotopic (exact) mass is 514 g/mol. The van der Waals surface area contributed by atoms with Crippen LogP contribution < -0.4 is 10.1 Å². The number of benzene rings is 2. The highest BCUT2D eigenvalue weighted by atomic mass is 127. The minimum absolute atomic E-state index is 0.149. The molecule has 0 atom stereocenters. The van der Waals surface area contributed by atoms with Crippen LogP contribution in [0.3, 0.4) is 0 Å². The summed E-state index contributed by atoms with van der Waals surface area (Å²) in [5, 5.41) is 2.75. The van der Waals surface area contributed by atoms with Crippen molar-refractivity contribution in [3.63, 3.8) is 0 Å². The average Bonchev–Trinajstić information content (AvgIpc) is 2.99. The summed E-state index contributed by atoms with van der Waals surface area (Å²) in [6, 6.07) is 13.7. The summed E-state index contributed by atoms with van der Waals surface area (Å²) < 4.78 is 33.7. The minimum atomic E-state index is -3.48. The summed E-state index contributed by atoms with van der Waals surface area (Å²) in [4.78, 5) is 12.3. The molecule has 1 saturated heterocycles. The third kappa shape index (κ3) is 5.68. The molecule has 150 valence electrons. The van der Waals surface area contributed by atoms with Crippen LogP contribution >= 0.6 is 22.6 Å². The van der Waals surface area contributed by atoms with Crippen LogP contribution in [0.25, 0.3) is 0 Å². The van der Waals surface area contributed by atoms with E-state index in [0.717, 1.165) is 29.3 Å². The Bertz CT molecular complexity index is 891. The fourth-order valence-electron chi connectivity index (χ4n) is 3.02. The number of nitrogens with one attached hydrogen (secondary N) is 1. The number of hydrogen-bond donors (Lipinski definition) is 1. The first-order valence-corrected chi connectivity index (χ1v) is 11.8. The Morgan fingerprint density at radius 1 is 0.964 bits per heavy atom. The second-order valence-electron chi connectivity index (χ2n) is 6.63. The summed E-state index contributed by atoms with van der Waals surface area (Å²) in [6.45, 7) is 0.989. The highest BCUT2D eigenvalue weighted by Crippen LogP contribution is 2.22. The molecule has 1 N–H and O–H groups in total. The van der Waals surface area contributed by atoms with Crippen molar-refractivity contribution in [2.24, 2.45) is 0 Å². The van der Waals surface area contributed by atoms with E-state index >= 15 is 0 Å². The van der Waals surface area contributed by atoms with E-state index < -0.39 is 10.0 Å². The molecule has 28 heavy (non-hydrogen) atoms. The molecule has 1 heterocycles. The molecule has 1 fully saturated rings. The van der Waals surface area contributed by atoms with Crippen molar-refractivity contribution in [3.8, 4) is 5.75 Å². The van der Waals surface area contributed by atoms with E-state index in [-0.39, 0.29) is 17.4 Å². The Hall–Kier alpha value is -1.65. The first-order valence-electron chi connectivity index (χ1n) is 9.23. The van der Waals surface area contributed by atoms with Gasteiger partial charge in [0.1, 0.15) is 5.75 Å². The molecule has 0 aliphatic carbocycles. The molecule has 1 aliphatic rings. The Morgan fingerprint density at radius 2 is 1.57 bits per heavy atom. The molecular formula is C20H23IN2O4S. The summed E-state index contributed by atoms with van der Waals surface area (Å²) in [7, 11) is -3.48. The van der Waals surface area contributed by atoms with Gasteiger partial charge in [0.25, 0.3) is 5.91 Å². The molecule has 2 aromatic rings. The number of rotatable bonds is 6. The van der Waals surface area contributed by atoms with Crippen molar-refractivity contribution in [1.29, 1.82) is 0 Å². The third-order valence-electron chi connectivity index (χ3n) is 4.52. The number of anilines is 1. The fourth-order valence-corrected chi connectivity index (χ4v) is 4.89. The molecule has 0 bridgehead atoms. The van der Waals surface area contributed by atoms with Gasteiger partial charge in [0.2, 0.25) is 10.0 Å². The molecule has 2 aromatic carbocycles. The van der Waals surface area contributed by atoms with Crippen LogP contribution in [-0.2, 0) is 14.8 Å². The molecule has 6 nitrogen and oxygen atoms in total. The molecular weight excluding hydrogens is 491 g/mol. The van der Waals surface area contributed by atoms with E-state index in [0.29, 0.717) is 24.5 Å². The standard InChI is InChI=1S/C20H23IN2O4S/c21-16-5-7-17(8-6-16)22-20(24)15-27-18-9-11-19(12-10-18)28(25,26)23-13-3-1-2-4-14-23/h5-12H,1-4,13-15H2,(H,22,24). The predicted molar refractivity (Wildman–Crippen MR) is 117 cm³/mol. The number of hydrogen-bond acceptors (Lipinski definition) is 4. The van der Waals surface area contributed by atoms with Crippen molar-refractivity contribution in [1.82, 2.24) is 4.31 Å². The minimum Gasteiger partial charge on any atom is -0.484 e. The molecule has 3 rings (SSSR count). The first kappa shape index (κ1) is 21.1. The Balaban J connectivity index is 1.56. The van der Waals surface area contributed by atoms with Gasteiger partial charge in [-0.1, -0.05) is 12.8 Å². The van der Waals surface area contributed by atoms with Gasteiger partial charge in [-0.2, -0.15) is 4.31 Å². The van der Waals surface area contributed by atoms with Crippen molar-refractivity contribution in [2.45, 2.75) is 30.6 Å². The van der Waals surface area contributed by atoms with Crippen molar-refractivity contribution in [2.75, 3.05) is 25.0 Å². The summed E-state index contributed by atoms with van der Waals surface area (Å²) in [6.07, 6.45) is 3.94. The number of nitrogens with zero attached hydrogens (tertiary/aromatic N) is 1. The lowest BCUT2D eigenvalue weighted by atomic mass is 10.2. The highest BCUT2D eigenvalue weighted by Gasteiger charge is 2.25. The molecule has 1 amide bonds. The number of ether oxygens (including phenoxy) is 1. The van der Waals surface area contributed by atoms with Crippen molar-refractivity contribution in [3.05, 3.63) is 52.1 Å². The van der Waals surface area contributed by atoms with Gasteiger partial charge in [-0.25, -0.2) is 8.42 Å². The van der Waals surface area contributed by atoms with Crippen LogP contribution in [0.5, 0.6) is 5.75 Å². The lowest BCUT2D eigenvalue weighted by Gasteiger charge is -2.20. The van der Waals surface area contributed by atoms with Gasteiger partial charge < -0.3 is 10.1 Å². The van der Waals surface area contributed by atoms with Crippen LogP contribution in [0.2, 0.25) is 0 Å². The Morgan fingerprint density at radius 3 is 2.18 bits per heavy atom. The number of carbonyl (C=O) groups excluding carboxylic acids is 1. The normalized spacial score (nSPS) is 15.6. The van der Waals surface area contributed by atoms with E-state index in [1.165, 1.54) is 12.1 Å². The molecule has 0 radical (unpaired) electrons. The predicted octanol–water partition coefficient (Wildman–Crippen LogP) is 3.87. The van der Waals surface area contributed by atoms with Crippen molar-refractivity contribution >= 4 is 44.2 Å². The SMILES string of the molecule is O=C(COc1ccc(S(=O)(=O)N2CCCCCC2)cc1)Nc1ccc(I)cc1. The topological polar surface area (TPSA) is 75.7 Å². The van der Waals surface area contributed by atoms with Crippen LogP contribution in [0.4, 0.5) is 5.69 Å². The number of carbonyl (C=O) groups is 1. The molecule has 0 saturated carbocycles. The maximum absolute atomic E-state index is 12.8. The number of halogens is 1. The first-order chi connectivity index (χ1) is 13.4. The van der Waals surface area contributed by atoms with Crippen LogP contribution in [0, 0.1) is 3.57 Å². The lowest BCUT2D eigenvalue weighted by molar-refractivity contribution is -0.118. The van der Waals surface area contributed by atoms with Crippen molar-refractivity contribution < 1.29 is 17.9 Å². The molecule has 0 unspecified atom stereocenters. The molecule has 0 aromatic heterocycles. The van der Waals surface area contributed by atoms with Gasteiger partial charge in [0.05, 0.1) is 4.90 Å². The zero-order chi connectivity index (χ0) is 20.0. The maximum atomic E-state index is 12.8. The number of sulfonamides is 1. The summed E-state index contributed by atoms with van der Waals surface area (Å²) >= 11 is 2.20. The van der Waals surface area contributed by atoms with Gasteiger partial charge in [0.15, 0.2) is 6.61 Å². The van der Waals surface area contributed by atoms with Crippen LogP contribution in [-0.4, -0.2) is 38.3 Å². The van der Waals surface area contributed by atoms with E-state index in [9.17, 15) is 13.2 Å². The van der Waals surface area contributed by atoms with E-state index in [2.05, 4.69) is 27.9 Å². The fraction of sp³-hybridized carbons (Fsp3) is 0.350. The smallest absolute Gasteiger partial charge is 0.262 e. The van der Waals surface area contributed by atoms with Gasteiger partial charge in [-0.05, 0) is 84.0 Å². The largest absolute Gasteiger partial charge is 0.484 e. The van der Waals surface area contributed by atoms with Gasteiger partial charge in [-0.15, -0.1) is 0 Å². The highest BCUT2D eigenvalue weighted by molar-refractivity contribution is 14.1. The summed E-state index contributed by atoms with van der Waals surface area (Å²) in [5.74, 6) is 0.176. The lowest BCUT2D eigenvalue weighted by Crippen LogP contribution is -2.31. The molecule has 8 heteroatoms. The van der Waals surface area contributed by atoms with E-state index in [4.69, 9.17) is 4.74 Å². The van der Waals surface area contributed by atoms with E-state index in [1.807, 2.05) is 24.3 Å².